The van der Waals surface area contributed by atoms with Crippen LogP contribution in [-0.2, 0) is 4.74 Å². The van der Waals surface area contributed by atoms with Gasteiger partial charge in [-0.1, -0.05) is 86.0 Å². The first-order valence-electron chi connectivity index (χ1n) is 10.1. The number of para-hydroxylation sites is 4. The van der Waals surface area contributed by atoms with Crippen molar-refractivity contribution >= 4 is 43.6 Å². The standard InChI is InChI=1S/2C12H9N.C4H6O/c2*1-3-7-11-9(5-1)10-6-2-4-8-12(10)13-11;1-3-5-4-2/h2*1-8,13H;3-4H,1-2H2. The lowest BCUT2D eigenvalue weighted by Crippen LogP contribution is -1.62. The number of hydrogen-bond acceptors (Lipinski definition) is 1. The van der Waals surface area contributed by atoms with E-state index in [1.165, 1.54) is 56.1 Å². The molecule has 4 aromatic carbocycles. The van der Waals surface area contributed by atoms with Crippen LogP contribution in [0.25, 0.3) is 43.6 Å². The number of hydrogen-bond donors (Lipinski definition) is 2. The Bertz CT molecular complexity index is 1240. The summed E-state index contributed by atoms with van der Waals surface area (Å²) in [4.78, 5) is 6.76. The molecule has 0 saturated heterocycles. The summed E-state index contributed by atoms with van der Waals surface area (Å²) in [7, 11) is 0. The fraction of sp³-hybridized carbons (Fsp3) is 0. The van der Waals surface area contributed by atoms with Crippen molar-refractivity contribution < 1.29 is 4.74 Å². The SMILES string of the molecule is C=COC=C.c1ccc2c(c1)[nH]c1ccccc12.c1ccc2c(c1)[nH]c1ccccc12. The van der Waals surface area contributed by atoms with Gasteiger partial charge in [0.2, 0.25) is 0 Å². The smallest absolute Gasteiger partial charge is 0.0829 e. The lowest BCUT2D eigenvalue weighted by molar-refractivity contribution is 0.406. The van der Waals surface area contributed by atoms with E-state index >= 15 is 0 Å². The van der Waals surface area contributed by atoms with Crippen LogP contribution in [0.15, 0.2) is 123 Å². The van der Waals surface area contributed by atoms with Crippen molar-refractivity contribution in [2.24, 2.45) is 0 Å². The van der Waals surface area contributed by atoms with Crippen LogP contribution in [0, 0.1) is 0 Å². The number of ether oxygens (including phenoxy) is 1. The Morgan fingerprint density at radius 2 is 0.710 bits per heavy atom. The highest BCUT2D eigenvalue weighted by Crippen LogP contribution is 2.25. The van der Waals surface area contributed by atoms with E-state index in [0.29, 0.717) is 0 Å². The van der Waals surface area contributed by atoms with Crippen molar-refractivity contribution in [3.05, 3.63) is 123 Å². The Balaban J connectivity index is 0.000000124. The Morgan fingerprint density at radius 3 is 0.935 bits per heavy atom. The van der Waals surface area contributed by atoms with Gasteiger partial charge in [-0.2, -0.15) is 0 Å². The molecule has 0 aliphatic carbocycles. The van der Waals surface area contributed by atoms with E-state index in [2.05, 4.69) is 125 Å². The van der Waals surface area contributed by atoms with Gasteiger partial charge in [0.1, 0.15) is 0 Å². The average molecular weight is 405 g/mol. The lowest BCUT2D eigenvalue weighted by atomic mass is 10.2. The third-order valence-corrected chi connectivity index (χ3v) is 5.02. The van der Waals surface area contributed by atoms with E-state index in [4.69, 9.17) is 0 Å². The maximum Gasteiger partial charge on any atom is 0.0829 e. The predicted octanol–water partition coefficient (Wildman–Crippen LogP) is 7.93. The summed E-state index contributed by atoms with van der Waals surface area (Å²) >= 11 is 0. The maximum absolute atomic E-state index is 4.36. The molecule has 0 amide bonds. The van der Waals surface area contributed by atoms with Crippen LogP contribution in [0.4, 0.5) is 0 Å². The topological polar surface area (TPSA) is 40.8 Å². The average Bonchev–Trinajstić information content (AvgIpc) is 3.39. The number of benzene rings is 4. The van der Waals surface area contributed by atoms with Crippen LogP contribution >= 0.6 is 0 Å². The normalized spacial score (nSPS) is 10.2. The molecular formula is C28H24N2O. The van der Waals surface area contributed by atoms with Gasteiger partial charge < -0.3 is 14.7 Å². The molecular weight excluding hydrogens is 380 g/mol. The zero-order valence-corrected chi connectivity index (χ0v) is 17.2. The highest BCUT2D eigenvalue weighted by Gasteiger charge is 2.01. The molecule has 0 bridgehead atoms. The molecule has 0 aliphatic heterocycles. The van der Waals surface area contributed by atoms with E-state index in [9.17, 15) is 0 Å². The van der Waals surface area contributed by atoms with Gasteiger partial charge in [0, 0.05) is 43.6 Å². The fourth-order valence-corrected chi connectivity index (χ4v) is 3.67. The summed E-state index contributed by atoms with van der Waals surface area (Å²) in [6.45, 7) is 6.51. The van der Waals surface area contributed by atoms with Crippen molar-refractivity contribution in [2.45, 2.75) is 0 Å². The number of H-pyrrole nitrogens is 2. The Kier molecular flexibility index (Phi) is 6.15. The monoisotopic (exact) mass is 404 g/mol. The third kappa shape index (κ3) is 4.36. The summed E-state index contributed by atoms with van der Waals surface area (Å²) in [6.07, 6.45) is 2.62. The summed E-state index contributed by atoms with van der Waals surface area (Å²) in [5.41, 5.74) is 4.85. The molecule has 0 saturated carbocycles. The molecule has 3 nitrogen and oxygen atoms in total. The molecule has 152 valence electrons. The molecule has 0 spiro atoms. The first kappa shape index (κ1) is 20.0. The zero-order chi connectivity index (χ0) is 21.5. The highest BCUT2D eigenvalue weighted by atomic mass is 16.5. The molecule has 0 radical (unpaired) electrons. The van der Waals surface area contributed by atoms with Gasteiger partial charge in [-0.05, 0) is 24.3 Å². The van der Waals surface area contributed by atoms with Gasteiger partial charge in [-0.3, -0.25) is 0 Å². The number of aromatic amines is 2. The van der Waals surface area contributed by atoms with Gasteiger partial charge >= 0.3 is 0 Å². The van der Waals surface area contributed by atoms with E-state index in [1.807, 2.05) is 0 Å². The van der Waals surface area contributed by atoms with Crippen molar-refractivity contribution in [1.82, 2.24) is 9.97 Å². The molecule has 0 fully saturated rings. The van der Waals surface area contributed by atoms with Crippen LogP contribution in [0.2, 0.25) is 0 Å². The zero-order valence-electron chi connectivity index (χ0n) is 17.2. The minimum Gasteiger partial charge on any atom is -0.474 e. The van der Waals surface area contributed by atoms with E-state index in [1.54, 1.807) is 0 Å². The molecule has 6 aromatic rings. The van der Waals surface area contributed by atoms with Crippen molar-refractivity contribution in [3.63, 3.8) is 0 Å². The van der Waals surface area contributed by atoms with E-state index in [-0.39, 0.29) is 0 Å². The predicted molar refractivity (Wildman–Crippen MR) is 133 cm³/mol. The number of aromatic nitrogens is 2. The molecule has 2 heterocycles. The van der Waals surface area contributed by atoms with Crippen LogP contribution in [-0.4, -0.2) is 9.97 Å². The minimum absolute atomic E-state index is 1.21. The Morgan fingerprint density at radius 1 is 0.452 bits per heavy atom. The van der Waals surface area contributed by atoms with Crippen LogP contribution < -0.4 is 0 Å². The second kappa shape index (κ2) is 9.51. The molecule has 3 heteroatoms. The first-order valence-corrected chi connectivity index (χ1v) is 10.1. The van der Waals surface area contributed by atoms with Crippen molar-refractivity contribution in [2.75, 3.05) is 0 Å². The van der Waals surface area contributed by atoms with Gasteiger partial charge in [-0.25, -0.2) is 0 Å². The van der Waals surface area contributed by atoms with Crippen LogP contribution in [0.5, 0.6) is 0 Å². The molecule has 6 rings (SSSR count). The summed E-state index contributed by atoms with van der Waals surface area (Å²) in [6, 6.07) is 33.5. The van der Waals surface area contributed by atoms with Gasteiger partial charge in [0.25, 0.3) is 0 Å². The molecule has 0 unspecified atom stereocenters. The van der Waals surface area contributed by atoms with Crippen molar-refractivity contribution in [1.29, 1.82) is 0 Å². The molecule has 31 heavy (non-hydrogen) atoms. The Hall–Kier alpha value is -4.24. The minimum atomic E-state index is 1.21. The Labute approximate surface area is 181 Å². The van der Waals surface area contributed by atoms with E-state index < -0.39 is 0 Å². The number of fused-ring (bicyclic) bond motifs is 6. The van der Waals surface area contributed by atoms with Crippen molar-refractivity contribution in [3.8, 4) is 0 Å². The van der Waals surface area contributed by atoms with Gasteiger partial charge in [-0.15, -0.1) is 0 Å². The van der Waals surface area contributed by atoms with Crippen LogP contribution in [0.3, 0.4) is 0 Å². The van der Waals surface area contributed by atoms with Crippen LogP contribution in [0.1, 0.15) is 0 Å². The largest absolute Gasteiger partial charge is 0.474 e. The maximum atomic E-state index is 4.36. The summed E-state index contributed by atoms with van der Waals surface area (Å²) < 4.78 is 4.36. The third-order valence-electron chi connectivity index (χ3n) is 5.02. The number of rotatable bonds is 2. The fourth-order valence-electron chi connectivity index (χ4n) is 3.67. The highest BCUT2D eigenvalue weighted by molar-refractivity contribution is 6.07. The summed E-state index contributed by atoms with van der Waals surface area (Å²) in [5, 5.41) is 5.22. The van der Waals surface area contributed by atoms with Gasteiger partial charge in [0.05, 0.1) is 12.5 Å². The first-order chi connectivity index (χ1) is 15.3. The second-order valence-electron chi connectivity index (χ2n) is 6.90. The molecule has 2 aromatic heterocycles. The number of nitrogens with one attached hydrogen (secondary N) is 2. The molecule has 0 aliphatic rings. The van der Waals surface area contributed by atoms with Gasteiger partial charge in [0.15, 0.2) is 0 Å². The summed E-state index contributed by atoms with van der Waals surface area (Å²) in [5.74, 6) is 0. The molecule has 2 N–H and O–H groups in total. The van der Waals surface area contributed by atoms with E-state index in [0.717, 1.165) is 0 Å². The molecule has 0 atom stereocenters. The lowest BCUT2D eigenvalue weighted by Gasteiger charge is -1.87. The quantitative estimate of drug-likeness (QED) is 0.283. The second-order valence-corrected chi connectivity index (χ2v) is 6.90.